The Bertz CT molecular complexity index is 1580. The highest BCUT2D eigenvalue weighted by atomic mass is 35.5. The van der Waals surface area contributed by atoms with Crippen LogP contribution in [0, 0.1) is 5.41 Å². The van der Waals surface area contributed by atoms with Crippen LogP contribution < -0.4 is 5.73 Å². The summed E-state index contributed by atoms with van der Waals surface area (Å²) in [7, 11) is -4.49. The molecule has 0 aliphatic carbocycles. The van der Waals surface area contributed by atoms with E-state index in [0.29, 0.717) is 29.3 Å². The first-order valence-electron chi connectivity index (χ1n) is 12.7. The first-order valence-corrected chi connectivity index (χ1v) is 14.5. The molecule has 3 aromatic carbocycles. The SMILES string of the molecule is CC(C)(C)/C(N)=N/C(=N/S(=O)(=O)c1ccc(C(F)(F)F)cc1)N1CCC(c2ccccc2)C(c2ccc(Cl)cc2)=N1. The van der Waals surface area contributed by atoms with Gasteiger partial charge in [0, 0.05) is 22.9 Å². The molecule has 216 valence electrons. The van der Waals surface area contributed by atoms with E-state index in [2.05, 4.69) is 9.39 Å². The normalized spacial score (nSPS) is 17.4. The molecule has 4 rings (SSSR count). The second kappa shape index (κ2) is 11.7. The number of halogens is 4. The van der Waals surface area contributed by atoms with Gasteiger partial charge in [-0.2, -0.15) is 31.7 Å². The molecule has 0 spiro atoms. The predicted octanol–water partition coefficient (Wildman–Crippen LogP) is 6.70. The third kappa shape index (κ3) is 7.34. The van der Waals surface area contributed by atoms with Gasteiger partial charge in [-0.3, -0.25) is 0 Å². The Kier molecular flexibility index (Phi) is 8.60. The van der Waals surface area contributed by atoms with Gasteiger partial charge >= 0.3 is 6.18 Å². The maximum Gasteiger partial charge on any atom is 0.416 e. The van der Waals surface area contributed by atoms with E-state index in [-0.39, 0.29) is 24.3 Å². The summed E-state index contributed by atoms with van der Waals surface area (Å²) < 4.78 is 69.6. The van der Waals surface area contributed by atoms with Crippen molar-refractivity contribution in [2.75, 3.05) is 6.54 Å². The first kappa shape index (κ1) is 30.3. The standard InChI is InChI=1S/C29H29ClF3N5O2S/c1-28(2,3)26(34)35-27(37-41(39,40)23-15-11-21(12-16-23)29(31,32)33)38-18-17-24(19-7-5-4-6-8-19)25(36-38)20-9-13-22(30)14-10-20/h4-16,24H,17-18H2,1-3H3,(H2,34,35,37). The van der Waals surface area contributed by atoms with Gasteiger partial charge < -0.3 is 5.73 Å². The molecule has 3 aromatic rings. The second-order valence-electron chi connectivity index (χ2n) is 10.5. The molecular weight excluding hydrogens is 575 g/mol. The Balaban J connectivity index is 1.84. The smallest absolute Gasteiger partial charge is 0.387 e. The second-order valence-corrected chi connectivity index (χ2v) is 12.5. The molecule has 1 aliphatic rings. The van der Waals surface area contributed by atoms with Gasteiger partial charge in [0.2, 0.25) is 0 Å². The van der Waals surface area contributed by atoms with Crippen LogP contribution in [0.25, 0.3) is 0 Å². The molecule has 0 radical (unpaired) electrons. The Morgan fingerprint density at radius 1 is 0.976 bits per heavy atom. The number of nitrogens with two attached hydrogens (primary N) is 1. The molecule has 12 heteroatoms. The van der Waals surface area contributed by atoms with Crippen molar-refractivity contribution in [3.05, 3.63) is 101 Å². The molecule has 0 saturated carbocycles. The highest BCUT2D eigenvalue weighted by Gasteiger charge is 2.32. The monoisotopic (exact) mass is 603 g/mol. The van der Waals surface area contributed by atoms with Gasteiger partial charge in [-0.25, -0.2) is 5.01 Å². The molecule has 1 aliphatic heterocycles. The van der Waals surface area contributed by atoms with Gasteiger partial charge in [-0.05, 0) is 53.9 Å². The molecular formula is C29H29ClF3N5O2S. The Hall–Kier alpha value is -3.70. The van der Waals surface area contributed by atoms with Crippen LogP contribution in [-0.4, -0.2) is 37.5 Å². The van der Waals surface area contributed by atoms with E-state index in [0.717, 1.165) is 23.3 Å². The molecule has 0 fully saturated rings. The fraction of sp³-hybridized carbons (Fsp3) is 0.276. The van der Waals surface area contributed by atoms with Crippen molar-refractivity contribution < 1.29 is 21.6 Å². The number of nitrogens with zero attached hydrogens (tertiary/aromatic N) is 4. The fourth-order valence-electron chi connectivity index (χ4n) is 4.05. The molecule has 0 bridgehead atoms. The summed E-state index contributed by atoms with van der Waals surface area (Å²) in [4.78, 5) is 3.94. The molecule has 0 amide bonds. The van der Waals surface area contributed by atoms with Crippen molar-refractivity contribution >= 4 is 39.1 Å². The summed E-state index contributed by atoms with van der Waals surface area (Å²) in [6.45, 7) is 5.66. The zero-order valence-corrected chi connectivity index (χ0v) is 24.2. The van der Waals surface area contributed by atoms with Crippen LogP contribution in [0.4, 0.5) is 13.2 Å². The van der Waals surface area contributed by atoms with Gasteiger partial charge in [0.25, 0.3) is 16.0 Å². The van der Waals surface area contributed by atoms with Crippen molar-refractivity contribution in [3.8, 4) is 0 Å². The molecule has 1 unspecified atom stereocenters. The minimum absolute atomic E-state index is 0.104. The Morgan fingerprint density at radius 3 is 2.15 bits per heavy atom. The minimum Gasteiger partial charge on any atom is -0.387 e. The molecule has 1 heterocycles. The topological polar surface area (TPSA) is 100 Å². The predicted molar refractivity (Wildman–Crippen MR) is 156 cm³/mol. The third-order valence-corrected chi connectivity index (χ3v) is 7.95. The summed E-state index contributed by atoms with van der Waals surface area (Å²) in [6, 6.07) is 20.0. The van der Waals surface area contributed by atoms with E-state index in [1.54, 1.807) is 32.9 Å². The average molecular weight is 604 g/mol. The summed E-state index contributed by atoms with van der Waals surface area (Å²) in [5.74, 6) is -0.312. The number of rotatable bonds is 4. The zero-order chi connectivity index (χ0) is 30.0. The highest BCUT2D eigenvalue weighted by molar-refractivity contribution is 7.90. The van der Waals surface area contributed by atoms with E-state index < -0.39 is 32.1 Å². The van der Waals surface area contributed by atoms with Crippen LogP contribution >= 0.6 is 11.6 Å². The highest BCUT2D eigenvalue weighted by Crippen LogP contribution is 2.32. The largest absolute Gasteiger partial charge is 0.416 e. The number of hydrazone groups is 1. The van der Waals surface area contributed by atoms with Gasteiger partial charge in [0.1, 0.15) is 5.84 Å². The van der Waals surface area contributed by atoms with E-state index in [9.17, 15) is 21.6 Å². The lowest BCUT2D eigenvalue weighted by molar-refractivity contribution is -0.137. The van der Waals surface area contributed by atoms with Gasteiger partial charge in [-0.15, -0.1) is 4.40 Å². The van der Waals surface area contributed by atoms with Crippen LogP contribution in [-0.2, 0) is 16.2 Å². The lowest BCUT2D eigenvalue weighted by Crippen LogP contribution is -2.38. The summed E-state index contributed by atoms with van der Waals surface area (Å²) in [6.07, 6.45) is -4.08. The van der Waals surface area contributed by atoms with E-state index in [4.69, 9.17) is 22.4 Å². The van der Waals surface area contributed by atoms with E-state index in [1.165, 1.54) is 5.01 Å². The fourth-order valence-corrected chi connectivity index (χ4v) is 5.11. The number of guanidine groups is 1. The van der Waals surface area contributed by atoms with Crippen LogP contribution in [0.2, 0.25) is 5.02 Å². The molecule has 41 heavy (non-hydrogen) atoms. The van der Waals surface area contributed by atoms with Crippen LogP contribution in [0.1, 0.15) is 49.8 Å². The molecule has 1 atom stereocenters. The lowest BCUT2D eigenvalue weighted by atomic mass is 9.86. The van der Waals surface area contributed by atoms with E-state index >= 15 is 0 Å². The van der Waals surface area contributed by atoms with Gasteiger partial charge in [-0.1, -0.05) is 74.8 Å². The third-order valence-electron chi connectivity index (χ3n) is 6.43. The van der Waals surface area contributed by atoms with Crippen molar-refractivity contribution in [2.24, 2.45) is 25.6 Å². The Labute approximate surface area is 242 Å². The number of hydrogen-bond donors (Lipinski definition) is 1. The molecule has 2 N–H and O–H groups in total. The van der Waals surface area contributed by atoms with Crippen molar-refractivity contribution in [2.45, 2.75) is 44.2 Å². The van der Waals surface area contributed by atoms with Crippen molar-refractivity contribution in [3.63, 3.8) is 0 Å². The summed E-state index contributed by atoms with van der Waals surface area (Å²) in [5.41, 5.74) is 7.05. The summed E-state index contributed by atoms with van der Waals surface area (Å²) in [5, 5.41) is 6.71. The first-order chi connectivity index (χ1) is 19.1. The molecule has 0 saturated heterocycles. The van der Waals surface area contributed by atoms with Crippen LogP contribution in [0.5, 0.6) is 0 Å². The van der Waals surface area contributed by atoms with Gasteiger partial charge in [0.05, 0.1) is 16.2 Å². The van der Waals surface area contributed by atoms with Gasteiger partial charge in [0.15, 0.2) is 0 Å². The summed E-state index contributed by atoms with van der Waals surface area (Å²) >= 11 is 6.12. The zero-order valence-electron chi connectivity index (χ0n) is 22.6. The maximum absolute atomic E-state index is 13.3. The van der Waals surface area contributed by atoms with E-state index in [1.807, 2.05) is 42.5 Å². The average Bonchev–Trinajstić information content (AvgIpc) is 2.92. The number of benzene rings is 3. The number of sulfonamides is 1. The van der Waals surface area contributed by atoms with Crippen molar-refractivity contribution in [1.82, 2.24) is 5.01 Å². The Morgan fingerprint density at radius 2 is 1.59 bits per heavy atom. The lowest BCUT2D eigenvalue weighted by Gasteiger charge is -2.31. The number of aliphatic imine (C=N–C) groups is 1. The number of hydrogen-bond acceptors (Lipinski definition) is 3. The van der Waals surface area contributed by atoms with Crippen LogP contribution in [0.15, 0.2) is 98.2 Å². The quantitative estimate of drug-likeness (QED) is 0.265. The maximum atomic E-state index is 13.3. The molecule has 0 aromatic heterocycles. The number of alkyl halides is 3. The van der Waals surface area contributed by atoms with Crippen LogP contribution in [0.3, 0.4) is 0 Å². The van der Waals surface area contributed by atoms with Crippen molar-refractivity contribution in [1.29, 1.82) is 0 Å². The number of amidine groups is 1. The minimum atomic E-state index is -4.61. The molecule has 7 nitrogen and oxygen atoms in total.